The number of aromatic nitrogens is 4. The lowest BCUT2D eigenvalue weighted by atomic mass is 10.1. The number of rotatable bonds is 5. The third-order valence-electron chi connectivity index (χ3n) is 5.67. The highest BCUT2D eigenvalue weighted by molar-refractivity contribution is 7.99. The lowest BCUT2D eigenvalue weighted by Gasteiger charge is -2.26. The van der Waals surface area contributed by atoms with Gasteiger partial charge in [0, 0.05) is 32.0 Å². The molecule has 0 amide bonds. The summed E-state index contributed by atoms with van der Waals surface area (Å²) < 4.78 is 2.57. The summed E-state index contributed by atoms with van der Waals surface area (Å²) in [5.41, 5.74) is 1.67. The fourth-order valence-corrected chi connectivity index (χ4v) is 4.84. The first-order valence-corrected chi connectivity index (χ1v) is 11.3. The average Bonchev–Trinajstić information content (AvgIpc) is 2.77. The molecule has 4 rings (SSSR count). The van der Waals surface area contributed by atoms with Crippen molar-refractivity contribution in [2.45, 2.75) is 31.2 Å². The van der Waals surface area contributed by atoms with Crippen molar-refractivity contribution < 1.29 is 0 Å². The second-order valence-electron chi connectivity index (χ2n) is 7.87. The van der Waals surface area contributed by atoms with Gasteiger partial charge in [0.15, 0.2) is 11.5 Å². The standard InChI is InChI=1S/C22H27N5O2S/c1-15-7-9-16(10-8-15)18-23-19-17(21(28)26(3)22(29)25(19)2)20(24-18)30-14-13-27-11-5-4-6-12-27/h7-10H,4-6,11-14H2,1-3H3. The van der Waals surface area contributed by atoms with Crippen molar-refractivity contribution in [1.29, 1.82) is 0 Å². The topological polar surface area (TPSA) is 73.0 Å². The van der Waals surface area contributed by atoms with Crippen molar-refractivity contribution in [2.75, 3.05) is 25.4 Å². The van der Waals surface area contributed by atoms with E-state index in [1.165, 1.54) is 30.9 Å². The molecule has 0 N–H and O–H groups in total. The molecule has 1 fully saturated rings. The molecule has 0 radical (unpaired) electrons. The third-order valence-corrected chi connectivity index (χ3v) is 6.63. The van der Waals surface area contributed by atoms with E-state index >= 15 is 0 Å². The Labute approximate surface area is 179 Å². The van der Waals surface area contributed by atoms with Crippen LogP contribution in [0.1, 0.15) is 24.8 Å². The number of hydrogen-bond acceptors (Lipinski definition) is 6. The number of likely N-dealkylation sites (tertiary alicyclic amines) is 1. The number of hydrogen-bond donors (Lipinski definition) is 0. The monoisotopic (exact) mass is 425 g/mol. The van der Waals surface area contributed by atoms with E-state index in [4.69, 9.17) is 4.98 Å². The highest BCUT2D eigenvalue weighted by Gasteiger charge is 2.19. The number of benzene rings is 1. The Bertz CT molecular complexity index is 1180. The molecular weight excluding hydrogens is 398 g/mol. The minimum atomic E-state index is -0.384. The van der Waals surface area contributed by atoms with Crippen LogP contribution in [0, 0.1) is 6.92 Å². The van der Waals surface area contributed by atoms with Crippen LogP contribution < -0.4 is 11.2 Å². The summed E-state index contributed by atoms with van der Waals surface area (Å²) in [5, 5.41) is 1.06. The van der Waals surface area contributed by atoms with E-state index in [0.717, 1.165) is 41.1 Å². The molecule has 30 heavy (non-hydrogen) atoms. The van der Waals surface area contributed by atoms with Crippen molar-refractivity contribution in [3.63, 3.8) is 0 Å². The van der Waals surface area contributed by atoms with E-state index in [1.807, 2.05) is 31.2 Å². The van der Waals surface area contributed by atoms with Crippen molar-refractivity contribution in [1.82, 2.24) is 24.0 Å². The van der Waals surface area contributed by atoms with Gasteiger partial charge in [0.05, 0.1) is 0 Å². The smallest absolute Gasteiger partial charge is 0.303 e. The number of nitrogens with zero attached hydrogens (tertiary/aromatic N) is 5. The molecule has 8 heteroatoms. The normalized spacial score (nSPS) is 15.0. The lowest BCUT2D eigenvalue weighted by molar-refractivity contribution is 0.242. The van der Waals surface area contributed by atoms with Crippen LogP contribution in [0.4, 0.5) is 0 Å². The van der Waals surface area contributed by atoms with Gasteiger partial charge in [-0.05, 0) is 32.9 Å². The number of aryl methyl sites for hydroxylation is 2. The van der Waals surface area contributed by atoms with Crippen molar-refractivity contribution >= 4 is 22.8 Å². The summed E-state index contributed by atoms with van der Waals surface area (Å²) in [5.74, 6) is 1.37. The second kappa shape index (κ2) is 8.73. The van der Waals surface area contributed by atoms with Gasteiger partial charge in [0.2, 0.25) is 0 Å². The fourth-order valence-electron chi connectivity index (χ4n) is 3.82. The van der Waals surface area contributed by atoms with Crippen molar-refractivity contribution in [3.8, 4) is 11.4 Å². The number of piperidine rings is 1. The Hall–Kier alpha value is -2.45. The van der Waals surface area contributed by atoms with E-state index in [9.17, 15) is 9.59 Å². The zero-order valence-corrected chi connectivity index (χ0v) is 18.5. The molecule has 1 saturated heterocycles. The van der Waals surface area contributed by atoms with Gasteiger partial charge in [-0.15, -0.1) is 11.8 Å². The predicted molar refractivity (Wildman–Crippen MR) is 121 cm³/mol. The summed E-state index contributed by atoms with van der Waals surface area (Å²) >= 11 is 1.57. The van der Waals surface area contributed by atoms with Gasteiger partial charge < -0.3 is 4.90 Å². The molecule has 7 nitrogen and oxygen atoms in total. The van der Waals surface area contributed by atoms with E-state index < -0.39 is 0 Å². The highest BCUT2D eigenvalue weighted by atomic mass is 32.2. The second-order valence-corrected chi connectivity index (χ2v) is 8.96. The molecule has 0 bridgehead atoms. The molecule has 3 aromatic rings. The Morgan fingerprint density at radius 1 is 0.967 bits per heavy atom. The molecule has 1 aliphatic heterocycles. The van der Waals surface area contributed by atoms with Crippen LogP contribution in [0.25, 0.3) is 22.4 Å². The lowest BCUT2D eigenvalue weighted by Crippen LogP contribution is -2.37. The summed E-state index contributed by atoms with van der Waals surface area (Å²) in [6.45, 7) is 5.26. The molecule has 0 atom stereocenters. The number of thioether (sulfide) groups is 1. The number of fused-ring (bicyclic) bond motifs is 1. The van der Waals surface area contributed by atoms with Crippen molar-refractivity contribution in [2.24, 2.45) is 14.1 Å². The van der Waals surface area contributed by atoms with Crippen molar-refractivity contribution in [3.05, 3.63) is 50.7 Å². The Kier molecular flexibility index (Phi) is 6.06. The molecule has 1 aromatic carbocycles. The SMILES string of the molecule is Cc1ccc(-c2nc(SCCN3CCCCC3)c3c(=O)n(C)c(=O)n(C)c3n2)cc1. The minimum absolute atomic E-state index is 0.343. The molecule has 0 spiro atoms. The summed E-state index contributed by atoms with van der Waals surface area (Å²) in [6, 6.07) is 7.96. The van der Waals surface area contributed by atoms with E-state index in [0.29, 0.717) is 21.9 Å². The molecule has 3 heterocycles. The zero-order valence-electron chi connectivity index (χ0n) is 17.7. The molecule has 1 aliphatic rings. The Balaban J connectivity index is 1.77. The van der Waals surface area contributed by atoms with Crippen LogP contribution in [0.15, 0.2) is 38.9 Å². The summed E-state index contributed by atoms with van der Waals surface area (Å²) in [7, 11) is 3.15. The predicted octanol–water partition coefficient (Wildman–Crippen LogP) is 2.58. The van der Waals surface area contributed by atoms with Crippen LogP contribution in [-0.2, 0) is 14.1 Å². The molecule has 0 aliphatic carbocycles. The first-order valence-electron chi connectivity index (χ1n) is 10.4. The Morgan fingerprint density at radius 3 is 2.37 bits per heavy atom. The van der Waals surface area contributed by atoms with Gasteiger partial charge >= 0.3 is 5.69 Å². The van der Waals surface area contributed by atoms with Gasteiger partial charge in [0.25, 0.3) is 5.56 Å². The van der Waals surface area contributed by atoms with Gasteiger partial charge in [-0.2, -0.15) is 0 Å². The quantitative estimate of drug-likeness (QED) is 0.462. The maximum atomic E-state index is 12.9. The van der Waals surface area contributed by atoms with E-state index in [2.05, 4.69) is 9.88 Å². The molecule has 0 saturated carbocycles. The van der Waals surface area contributed by atoms with Crippen LogP contribution in [0.5, 0.6) is 0 Å². The van der Waals surface area contributed by atoms with Gasteiger partial charge in [0.1, 0.15) is 10.4 Å². The van der Waals surface area contributed by atoms with Crippen LogP contribution in [0.2, 0.25) is 0 Å². The zero-order chi connectivity index (χ0) is 21.3. The van der Waals surface area contributed by atoms with E-state index in [1.54, 1.807) is 18.8 Å². The summed E-state index contributed by atoms with van der Waals surface area (Å²) in [4.78, 5) is 37.2. The highest BCUT2D eigenvalue weighted by Crippen LogP contribution is 2.26. The van der Waals surface area contributed by atoms with Crippen LogP contribution >= 0.6 is 11.8 Å². The largest absolute Gasteiger partial charge is 0.332 e. The molecule has 158 valence electrons. The maximum absolute atomic E-state index is 12.9. The Morgan fingerprint density at radius 2 is 1.67 bits per heavy atom. The van der Waals surface area contributed by atoms with E-state index in [-0.39, 0.29) is 11.2 Å². The molecule has 2 aromatic heterocycles. The van der Waals surface area contributed by atoms with Gasteiger partial charge in [-0.25, -0.2) is 14.8 Å². The molecular formula is C22H27N5O2S. The summed E-state index contributed by atoms with van der Waals surface area (Å²) in [6.07, 6.45) is 3.81. The average molecular weight is 426 g/mol. The molecule has 0 unspecified atom stereocenters. The minimum Gasteiger partial charge on any atom is -0.303 e. The van der Waals surface area contributed by atoms with Crippen LogP contribution in [-0.4, -0.2) is 49.4 Å². The van der Waals surface area contributed by atoms with Gasteiger partial charge in [-0.3, -0.25) is 13.9 Å². The first-order chi connectivity index (χ1) is 14.5. The van der Waals surface area contributed by atoms with Gasteiger partial charge in [-0.1, -0.05) is 36.2 Å². The fraction of sp³-hybridized carbons (Fsp3) is 0.455. The third kappa shape index (κ3) is 4.06. The first kappa shape index (κ1) is 20.8. The maximum Gasteiger partial charge on any atom is 0.332 e. The van der Waals surface area contributed by atoms with Crippen LogP contribution in [0.3, 0.4) is 0 Å².